The van der Waals surface area contributed by atoms with Crippen LogP contribution in [-0.4, -0.2) is 37.8 Å². The number of aromatic nitrogens is 1. The Bertz CT molecular complexity index is 1020. The molecule has 0 radical (unpaired) electrons. The maximum absolute atomic E-state index is 5.92. The Balaban J connectivity index is 0.00000385. The zero-order valence-corrected chi connectivity index (χ0v) is 22.0. The predicted molar refractivity (Wildman–Crippen MR) is 142 cm³/mol. The van der Waals surface area contributed by atoms with Gasteiger partial charge in [-0.05, 0) is 44.5 Å². The first kappa shape index (κ1) is 26.7. The van der Waals surface area contributed by atoms with Gasteiger partial charge in [0, 0.05) is 31.3 Å². The monoisotopic (exact) mass is 564 g/mol. The Morgan fingerprint density at radius 3 is 2.45 bits per heavy atom. The predicted octanol–water partition coefficient (Wildman–Crippen LogP) is 4.86. The molecule has 0 aliphatic heterocycles. The molecular weight excluding hydrogens is 531 g/mol. The van der Waals surface area contributed by atoms with Crippen molar-refractivity contribution in [3.05, 3.63) is 71.1 Å². The van der Waals surface area contributed by atoms with Crippen LogP contribution in [0.1, 0.15) is 29.3 Å². The highest BCUT2D eigenvalue weighted by Gasteiger charge is 2.09. The largest absolute Gasteiger partial charge is 0.491 e. The summed E-state index contributed by atoms with van der Waals surface area (Å²) in [5, 5.41) is 6.61. The Morgan fingerprint density at radius 1 is 1.00 bits per heavy atom. The van der Waals surface area contributed by atoms with E-state index >= 15 is 0 Å². The molecule has 0 unspecified atom stereocenters. The standard InChI is InChI=1S/C25H32N4O3.HI/c1-5-30-12-13-31-23-14-19(3)8-11-21(23)15-27-25(26-4)28-16-22-17-32-24(29-22)20-9-6-18(2)7-10-20;/h6-11,14,17H,5,12-13,15-16H2,1-4H3,(H2,26,27,28);1H. The van der Waals surface area contributed by atoms with E-state index in [0.717, 1.165) is 28.1 Å². The second-order valence-corrected chi connectivity index (χ2v) is 7.45. The molecule has 1 aromatic heterocycles. The molecule has 1 heterocycles. The number of nitrogens with one attached hydrogen (secondary N) is 2. The summed E-state index contributed by atoms with van der Waals surface area (Å²) < 4.78 is 16.9. The number of benzene rings is 2. The first-order chi connectivity index (χ1) is 15.6. The number of hydrogen-bond donors (Lipinski definition) is 2. The maximum atomic E-state index is 5.92. The van der Waals surface area contributed by atoms with Crippen LogP contribution in [0.3, 0.4) is 0 Å². The molecule has 3 aromatic rings. The minimum absolute atomic E-state index is 0. The fourth-order valence-corrected chi connectivity index (χ4v) is 3.09. The highest BCUT2D eigenvalue weighted by molar-refractivity contribution is 14.0. The van der Waals surface area contributed by atoms with Crippen molar-refractivity contribution in [2.75, 3.05) is 26.9 Å². The summed E-state index contributed by atoms with van der Waals surface area (Å²) in [5.74, 6) is 2.14. The molecule has 0 aliphatic rings. The van der Waals surface area contributed by atoms with Crippen LogP contribution in [0.25, 0.3) is 11.5 Å². The average Bonchev–Trinajstić information content (AvgIpc) is 3.27. The second-order valence-electron chi connectivity index (χ2n) is 7.45. The lowest BCUT2D eigenvalue weighted by Gasteiger charge is -2.15. The molecule has 0 bridgehead atoms. The highest BCUT2D eigenvalue weighted by Crippen LogP contribution is 2.21. The van der Waals surface area contributed by atoms with Crippen LogP contribution < -0.4 is 15.4 Å². The van der Waals surface area contributed by atoms with Crippen molar-refractivity contribution in [3.63, 3.8) is 0 Å². The molecule has 7 nitrogen and oxygen atoms in total. The van der Waals surface area contributed by atoms with Crippen LogP contribution in [0.15, 0.2) is 58.1 Å². The van der Waals surface area contributed by atoms with E-state index < -0.39 is 0 Å². The highest BCUT2D eigenvalue weighted by atomic mass is 127. The minimum Gasteiger partial charge on any atom is -0.491 e. The van der Waals surface area contributed by atoms with E-state index in [1.807, 2.05) is 37.3 Å². The van der Waals surface area contributed by atoms with Gasteiger partial charge in [-0.2, -0.15) is 0 Å². The van der Waals surface area contributed by atoms with Crippen molar-refractivity contribution >= 4 is 29.9 Å². The molecule has 0 spiro atoms. The van der Waals surface area contributed by atoms with Gasteiger partial charge < -0.3 is 24.5 Å². The summed E-state index contributed by atoms with van der Waals surface area (Å²) in [6.07, 6.45) is 1.67. The summed E-state index contributed by atoms with van der Waals surface area (Å²) in [4.78, 5) is 8.87. The molecule has 0 saturated heterocycles. The average molecular weight is 564 g/mol. The molecule has 0 atom stereocenters. The van der Waals surface area contributed by atoms with Crippen molar-refractivity contribution in [2.24, 2.45) is 4.99 Å². The van der Waals surface area contributed by atoms with Gasteiger partial charge in [-0.15, -0.1) is 24.0 Å². The first-order valence-corrected chi connectivity index (χ1v) is 10.8. The van der Waals surface area contributed by atoms with Crippen molar-refractivity contribution in [1.29, 1.82) is 0 Å². The van der Waals surface area contributed by atoms with Gasteiger partial charge in [0.15, 0.2) is 5.96 Å². The molecule has 0 amide bonds. The van der Waals surface area contributed by atoms with E-state index in [2.05, 4.69) is 46.6 Å². The van der Waals surface area contributed by atoms with Crippen LogP contribution in [0.2, 0.25) is 0 Å². The molecule has 2 aromatic carbocycles. The Hall–Kier alpha value is -2.59. The molecule has 33 heavy (non-hydrogen) atoms. The second kappa shape index (κ2) is 13.8. The van der Waals surface area contributed by atoms with Gasteiger partial charge >= 0.3 is 0 Å². The van der Waals surface area contributed by atoms with Crippen molar-refractivity contribution in [3.8, 4) is 17.2 Å². The van der Waals surface area contributed by atoms with Gasteiger partial charge in [0.05, 0.1) is 18.8 Å². The van der Waals surface area contributed by atoms with Crippen LogP contribution in [-0.2, 0) is 17.8 Å². The zero-order valence-electron chi connectivity index (χ0n) is 19.7. The molecular formula is C25H33IN4O3. The molecule has 3 rings (SSSR count). The lowest BCUT2D eigenvalue weighted by atomic mass is 10.1. The number of rotatable bonds is 10. The quantitative estimate of drug-likeness (QED) is 0.159. The minimum atomic E-state index is 0. The van der Waals surface area contributed by atoms with Crippen molar-refractivity contribution in [2.45, 2.75) is 33.9 Å². The fourth-order valence-electron chi connectivity index (χ4n) is 3.09. The summed E-state index contributed by atoms with van der Waals surface area (Å²) >= 11 is 0. The molecule has 178 valence electrons. The SMILES string of the molecule is CCOCCOc1cc(C)ccc1CNC(=NC)NCc1coc(-c2ccc(C)cc2)n1.I. The van der Waals surface area contributed by atoms with Crippen LogP contribution in [0, 0.1) is 13.8 Å². The molecule has 0 aliphatic carbocycles. The Morgan fingerprint density at radius 2 is 1.73 bits per heavy atom. The lowest BCUT2D eigenvalue weighted by Crippen LogP contribution is -2.36. The first-order valence-electron chi connectivity index (χ1n) is 10.8. The van der Waals surface area contributed by atoms with Gasteiger partial charge in [0.2, 0.25) is 5.89 Å². The maximum Gasteiger partial charge on any atom is 0.226 e. The Kier molecular flexibility index (Phi) is 11.2. The summed E-state index contributed by atoms with van der Waals surface area (Å²) in [5.41, 5.74) is 5.17. The number of oxazole rings is 1. The van der Waals surface area contributed by atoms with Gasteiger partial charge in [0.1, 0.15) is 18.6 Å². The Labute approximate surface area is 213 Å². The molecule has 0 saturated carbocycles. The van der Waals surface area contributed by atoms with E-state index in [1.165, 1.54) is 5.56 Å². The topological polar surface area (TPSA) is 80.9 Å². The van der Waals surface area contributed by atoms with Gasteiger partial charge in [-0.25, -0.2) is 4.98 Å². The van der Waals surface area contributed by atoms with Crippen molar-refractivity contribution < 1.29 is 13.9 Å². The number of ether oxygens (including phenoxy) is 2. The summed E-state index contributed by atoms with van der Waals surface area (Å²) in [7, 11) is 1.74. The third-order valence-corrected chi connectivity index (χ3v) is 4.87. The zero-order chi connectivity index (χ0) is 22.8. The molecule has 2 N–H and O–H groups in total. The van der Waals surface area contributed by atoms with E-state index in [4.69, 9.17) is 13.9 Å². The fraction of sp³-hybridized carbons (Fsp3) is 0.360. The molecule has 8 heteroatoms. The van der Waals surface area contributed by atoms with Gasteiger partial charge in [-0.1, -0.05) is 29.8 Å². The third-order valence-electron chi connectivity index (χ3n) is 4.87. The normalized spacial score (nSPS) is 11.1. The van der Waals surface area contributed by atoms with E-state index in [0.29, 0.717) is 44.8 Å². The number of aliphatic imine (C=N–C) groups is 1. The van der Waals surface area contributed by atoms with Crippen LogP contribution >= 0.6 is 24.0 Å². The number of nitrogens with zero attached hydrogens (tertiary/aromatic N) is 2. The number of guanidine groups is 1. The van der Waals surface area contributed by atoms with Gasteiger partial charge in [-0.3, -0.25) is 4.99 Å². The molecule has 0 fully saturated rings. The lowest BCUT2D eigenvalue weighted by molar-refractivity contribution is 0.110. The smallest absolute Gasteiger partial charge is 0.226 e. The van der Waals surface area contributed by atoms with Crippen molar-refractivity contribution in [1.82, 2.24) is 15.6 Å². The number of aryl methyl sites for hydroxylation is 2. The van der Waals surface area contributed by atoms with Crippen LogP contribution in [0.4, 0.5) is 0 Å². The van der Waals surface area contributed by atoms with E-state index in [9.17, 15) is 0 Å². The van der Waals surface area contributed by atoms with E-state index in [1.54, 1.807) is 13.3 Å². The van der Waals surface area contributed by atoms with E-state index in [-0.39, 0.29) is 24.0 Å². The summed E-state index contributed by atoms with van der Waals surface area (Å²) in [6.45, 7) is 8.94. The number of hydrogen-bond acceptors (Lipinski definition) is 5. The third kappa shape index (κ3) is 8.36. The summed E-state index contributed by atoms with van der Waals surface area (Å²) in [6, 6.07) is 14.3. The van der Waals surface area contributed by atoms with Crippen LogP contribution in [0.5, 0.6) is 5.75 Å². The van der Waals surface area contributed by atoms with Gasteiger partial charge in [0.25, 0.3) is 0 Å². The number of halogens is 1.